The zero-order valence-electron chi connectivity index (χ0n) is 22.1. The number of benzene rings is 2. The van der Waals surface area contributed by atoms with E-state index in [0.717, 1.165) is 19.4 Å². The lowest BCUT2D eigenvalue weighted by Crippen LogP contribution is -2.48. The van der Waals surface area contributed by atoms with E-state index in [9.17, 15) is 28.1 Å². The van der Waals surface area contributed by atoms with E-state index in [4.69, 9.17) is 4.74 Å². The van der Waals surface area contributed by atoms with Gasteiger partial charge in [0, 0.05) is 37.2 Å². The van der Waals surface area contributed by atoms with Crippen molar-refractivity contribution in [3.05, 3.63) is 48.3 Å². The zero-order valence-corrected chi connectivity index (χ0v) is 23.0. The average molecular weight is 563 g/mol. The monoisotopic (exact) mass is 562 g/mol. The molecule has 10 heteroatoms. The molecule has 1 aliphatic heterocycles. The predicted molar refractivity (Wildman–Crippen MR) is 145 cm³/mol. The third kappa shape index (κ3) is 6.64. The summed E-state index contributed by atoms with van der Waals surface area (Å²) in [5, 5.41) is 32.0. The quantitative estimate of drug-likeness (QED) is 0.454. The van der Waals surface area contributed by atoms with Crippen LogP contribution in [-0.4, -0.2) is 79.7 Å². The van der Waals surface area contributed by atoms with Crippen molar-refractivity contribution in [1.82, 2.24) is 9.62 Å². The third-order valence-corrected chi connectivity index (χ3v) is 9.92. The van der Waals surface area contributed by atoms with Crippen LogP contribution >= 0.6 is 0 Å². The maximum absolute atomic E-state index is 14.6. The van der Waals surface area contributed by atoms with E-state index in [0.29, 0.717) is 36.4 Å². The van der Waals surface area contributed by atoms with Crippen molar-refractivity contribution < 1.29 is 32.9 Å². The number of aliphatic hydroxyl groups excluding tert-OH is 3. The lowest BCUT2D eigenvalue weighted by molar-refractivity contribution is 0.0360. The second-order valence-corrected chi connectivity index (χ2v) is 13.4. The van der Waals surface area contributed by atoms with Gasteiger partial charge in [0.1, 0.15) is 16.5 Å². The molecule has 3 aliphatic rings. The molecule has 5 rings (SSSR count). The lowest BCUT2D eigenvalue weighted by atomic mass is 9.84. The van der Waals surface area contributed by atoms with E-state index in [1.807, 2.05) is 0 Å². The Morgan fingerprint density at radius 1 is 1.03 bits per heavy atom. The summed E-state index contributed by atoms with van der Waals surface area (Å²) in [6, 6.07) is 10.7. The van der Waals surface area contributed by atoms with Crippen LogP contribution in [0.25, 0.3) is 11.1 Å². The number of rotatable bonds is 3. The summed E-state index contributed by atoms with van der Waals surface area (Å²) in [7, 11) is -4.06. The van der Waals surface area contributed by atoms with Gasteiger partial charge < -0.3 is 20.1 Å². The molecule has 4 N–H and O–H groups in total. The lowest BCUT2D eigenvalue weighted by Gasteiger charge is -2.39. The largest absolute Gasteiger partial charge is 0.492 e. The molecule has 2 aromatic rings. The average Bonchev–Trinajstić information content (AvgIpc) is 3.19. The molecule has 4 atom stereocenters. The summed E-state index contributed by atoms with van der Waals surface area (Å²) in [6.45, 7) is 1.40. The van der Waals surface area contributed by atoms with E-state index in [-0.39, 0.29) is 30.3 Å². The minimum atomic E-state index is -4.06. The molecule has 214 valence electrons. The Kier molecular flexibility index (Phi) is 8.61. The maximum Gasteiger partial charge on any atom is 0.244 e. The van der Waals surface area contributed by atoms with Gasteiger partial charge in [0.2, 0.25) is 10.0 Å². The molecule has 2 fully saturated rings. The first-order valence-corrected chi connectivity index (χ1v) is 15.4. The molecule has 0 aromatic heterocycles. The van der Waals surface area contributed by atoms with Crippen LogP contribution in [0, 0.1) is 17.2 Å². The number of fused-ring (bicyclic) bond motifs is 1. The Labute approximate surface area is 229 Å². The van der Waals surface area contributed by atoms with E-state index < -0.39 is 39.6 Å². The van der Waals surface area contributed by atoms with Crippen molar-refractivity contribution in [3.63, 3.8) is 0 Å². The summed E-state index contributed by atoms with van der Waals surface area (Å²) in [5.41, 5.74) is 0.124. The molecule has 2 aliphatic carbocycles. The number of ether oxygens (including phenoxy) is 1. The Morgan fingerprint density at radius 3 is 2.46 bits per heavy atom. The van der Waals surface area contributed by atoms with Crippen LogP contribution in [0.1, 0.15) is 44.9 Å². The van der Waals surface area contributed by atoms with Crippen LogP contribution in [0.4, 0.5) is 4.39 Å². The van der Waals surface area contributed by atoms with E-state index in [1.54, 1.807) is 18.2 Å². The highest BCUT2D eigenvalue weighted by Gasteiger charge is 2.46. The van der Waals surface area contributed by atoms with E-state index in [2.05, 4.69) is 9.62 Å². The number of β-amino-alcohol motifs (C(OH)–C–C–N with tert-alkyl or cyclic N) is 1. The molecular formula is C29H39FN2O6S. The highest BCUT2D eigenvalue weighted by atomic mass is 32.2. The molecule has 39 heavy (non-hydrogen) atoms. The fourth-order valence-electron chi connectivity index (χ4n) is 6.53. The minimum Gasteiger partial charge on any atom is -0.492 e. The summed E-state index contributed by atoms with van der Waals surface area (Å²) in [4.78, 5) is 2.05. The molecule has 2 saturated carbocycles. The van der Waals surface area contributed by atoms with Crippen LogP contribution in [0.2, 0.25) is 0 Å². The van der Waals surface area contributed by atoms with Gasteiger partial charge in [-0.25, -0.2) is 17.5 Å². The molecule has 0 radical (unpaired) electrons. The highest BCUT2D eigenvalue weighted by Crippen LogP contribution is 2.42. The molecule has 0 saturated heterocycles. The molecule has 0 amide bonds. The summed E-state index contributed by atoms with van der Waals surface area (Å²) in [5.74, 6) is 0.104. The first-order chi connectivity index (χ1) is 18.6. The van der Waals surface area contributed by atoms with Gasteiger partial charge in [-0.15, -0.1) is 0 Å². The Morgan fingerprint density at radius 2 is 1.74 bits per heavy atom. The van der Waals surface area contributed by atoms with Crippen LogP contribution < -0.4 is 9.46 Å². The van der Waals surface area contributed by atoms with Gasteiger partial charge in [0.15, 0.2) is 0 Å². The number of hydrogen-bond donors (Lipinski definition) is 4. The molecule has 1 heterocycles. The van der Waals surface area contributed by atoms with Gasteiger partial charge >= 0.3 is 0 Å². The highest BCUT2D eigenvalue weighted by molar-refractivity contribution is 7.89. The van der Waals surface area contributed by atoms with Crippen molar-refractivity contribution in [2.45, 2.75) is 68.2 Å². The second kappa shape index (κ2) is 11.8. The zero-order chi connectivity index (χ0) is 27.6. The normalized spacial score (nSPS) is 30.7. The topological polar surface area (TPSA) is 119 Å². The number of aliphatic hydroxyl groups is 3. The maximum atomic E-state index is 14.6. The number of nitrogens with zero attached hydrogens (tertiary/aromatic N) is 1. The SMILES string of the molecule is O=S1(=O)NC[C@H](O)CN(CC2CCCCC2)CC2(COc3cc(-c4ccccc4F)ccc31)C[C@@H](O)[C@@H](O)C2. The molecular weight excluding hydrogens is 523 g/mol. The summed E-state index contributed by atoms with van der Waals surface area (Å²) < 4.78 is 50.0. The van der Waals surface area contributed by atoms with Gasteiger partial charge in [-0.3, -0.25) is 4.90 Å². The first kappa shape index (κ1) is 28.4. The Balaban J connectivity index is 1.51. The van der Waals surface area contributed by atoms with Crippen molar-refractivity contribution >= 4 is 10.0 Å². The summed E-state index contributed by atoms with van der Waals surface area (Å²) >= 11 is 0. The molecule has 0 bridgehead atoms. The number of halogens is 1. The van der Waals surface area contributed by atoms with Crippen LogP contribution in [0.3, 0.4) is 0 Å². The first-order valence-electron chi connectivity index (χ1n) is 13.9. The molecule has 8 nitrogen and oxygen atoms in total. The predicted octanol–water partition coefficient (Wildman–Crippen LogP) is 2.91. The van der Waals surface area contributed by atoms with Crippen LogP contribution in [-0.2, 0) is 10.0 Å². The van der Waals surface area contributed by atoms with Crippen molar-refractivity contribution in [3.8, 4) is 16.9 Å². The minimum absolute atomic E-state index is 0.0572. The van der Waals surface area contributed by atoms with E-state index in [1.165, 1.54) is 43.5 Å². The van der Waals surface area contributed by atoms with Gasteiger partial charge in [-0.1, -0.05) is 43.5 Å². The summed E-state index contributed by atoms with van der Waals surface area (Å²) in [6.07, 6.45) is 3.60. The standard InChI is InChI=1S/C29H39FN2O6S/c30-24-9-5-4-8-23(24)21-10-11-28-27(12-21)38-19-29(13-25(34)26(35)14-29)18-32(16-20-6-2-1-3-7-20)17-22(33)15-31-39(28,36)37/h4-5,8-12,20,22,25-26,31,33-35H,1-3,6-7,13-19H2/t22-,25-,26+,29?/m0/s1. The van der Waals surface area contributed by atoms with Crippen molar-refractivity contribution in [2.24, 2.45) is 11.3 Å². The van der Waals surface area contributed by atoms with Crippen molar-refractivity contribution in [2.75, 3.05) is 32.8 Å². The fraction of sp³-hybridized carbons (Fsp3) is 0.586. The third-order valence-electron chi connectivity index (χ3n) is 8.46. The molecule has 1 unspecified atom stereocenters. The Bertz CT molecular complexity index is 1240. The van der Waals surface area contributed by atoms with Gasteiger partial charge in [0.25, 0.3) is 0 Å². The van der Waals surface area contributed by atoms with Gasteiger partial charge in [-0.05, 0) is 55.4 Å². The number of hydrogen-bond acceptors (Lipinski definition) is 7. The molecule has 2 aromatic carbocycles. The molecule has 1 spiro atoms. The number of nitrogens with one attached hydrogen (secondary N) is 1. The fourth-order valence-corrected chi connectivity index (χ4v) is 7.73. The Hall–Kier alpha value is -2.08. The van der Waals surface area contributed by atoms with E-state index >= 15 is 0 Å². The van der Waals surface area contributed by atoms with Crippen molar-refractivity contribution in [1.29, 1.82) is 0 Å². The van der Waals surface area contributed by atoms with Gasteiger partial charge in [0.05, 0.1) is 24.9 Å². The van der Waals surface area contributed by atoms with Crippen LogP contribution in [0.5, 0.6) is 5.75 Å². The van der Waals surface area contributed by atoms with Gasteiger partial charge in [-0.2, -0.15) is 0 Å². The number of sulfonamides is 1. The smallest absolute Gasteiger partial charge is 0.244 e. The van der Waals surface area contributed by atoms with Crippen LogP contribution in [0.15, 0.2) is 47.4 Å². The second-order valence-electron chi connectivity index (χ2n) is 11.7.